The Morgan fingerprint density at radius 3 is 2.77 bits per heavy atom. The van der Waals surface area contributed by atoms with Crippen LogP contribution in [0.5, 0.6) is 0 Å². The van der Waals surface area contributed by atoms with Crippen molar-refractivity contribution >= 4 is 34.0 Å². The number of aromatic nitrogens is 2. The molecule has 0 radical (unpaired) electrons. The van der Waals surface area contributed by atoms with Crippen molar-refractivity contribution in [3.63, 3.8) is 0 Å². The van der Waals surface area contributed by atoms with Crippen molar-refractivity contribution < 1.29 is 4.79 Å². The normalized spacial score (nSPS) is 20.5. The zero-order valence-corrected chi connectivity index (χ0v) is 19.1. The van der Waals surface area contributed by atoms with Crippen LogP contribution in [-0.4, -0.2) is 21.7 Å². The van der Waals surface area contributed by atoms with E-state index in [0.29, 0.717) is 34.9 Å². The van der Waals surface area contributed by atoms with Gasteiger partial charge in [-0.3, -0.25) is 9.69 Å². The van der Waals surface area contributed by atoms with Gasteiger partial charge in [0.1, 0.15) is 5.82 Å². The molecule has 0 amide bonds. The van der Waals surface area contributed by atoms with Gasteiger partial charge in [0, 0.05) is 23.4 Å². The molecule has 1 aromatic carbocycles. The van der Waals surface area contributed by atoms with E-state index >= 15 is 0 Å². The molecule has 1 aromatic heterocycles. The molecular weight excluding hydrogens is 426 g/mol. The van der Waals surface area contributed by atoms with E-state index in [2.05, 4.69) is 36.7 Å². The third kappa shape index (κ3) is 3.91. The van der Waals surface area contributed by atoms with E-state index in [0.717, 1.165) is 21.4 Å². The van der Waals surface area contributed by atoms with Gasteiger partial charge in [-0.15, -0.1) is 16.8 Å². The third-order valence-corrected chi connectivity index (χ3v) is 7.46. The van der Waals surface area contributed by atoms with Gasteiger partial charge in [-0.25, -0.2) is 0 Å². The van der Waals surface area contributed by atoms with Gasteiger partial charge in [0.25, 0.3) is 0 Å². The molecule has 31 heavy (non-hydrogen) atoms. The zero-order valence-electron chi connectivity index (χ0n) is 17.5. The number of Topliss-reactive ketones (excluding diaryl/α,β-unsaturated/α-hetero) is 1. The summed E-state index contributed by atoms with van der Waals surface area (Å²) in [6.07, 6.45) is 2.89. The van der Waals surface area contributed by atoms with E-state index in [1.165, 1.54) is 23.1 Å². The van der Waals surface area contributed by atoms with Crippen LogP contribution in [-0.2, 0) is 4.79 Å². The molecule has 1 aliphatic heterocycles. The smallest absolute Gasteiger partial charge is 0.219 e. The van der Waals surface area contributed by atoms with Gasteiger partial charge in [-0.05, 0) is 17.4 Å². The van der Waals surface area contributed by atoms with E-state index in [4.69, 9.17) is 5.73 Å². The van der Waals surface area contributed by atoms with E-state index in [1.54, 1.807) is 4.90 Å². The lowest BCUT2D eigenvalue weighted by Gasteiger charge is -2.42. The summed E-state index contributed by atoms with van der Waals surface area (Å²) in [4.78, 5) is 15.2. The van der Waals surface area contributed by atoms with Gasteiger partial charge >= 0.3 is 0 Å². The summed E-state index contributed by atoms with van der Waals surface area (Å²) in [5, 5.41) is 19.2. The van der Waals surface area contributed by atoms with E-state index in [1.807, 2.05) is 36.4 Å². The van der Waals surface area contributed by atoms with Crippen LogP contribution in [0.4, 0.5) is 5.13 Å². The second-order valence-electron chi connectivity index (χ2n) is 8.34. The number of hydrogen-bond acceptors (Lipinski definition) is 8. The van der Waals surface area contributed by atoms with Crippen LogP contribution in [0.15, 0.2) is 70.0 Å². The third-order valence-electron chi connectivity index (χ3n) is 5.43. The van der Waals surface area contributed by atoms with Crippen LogP contribution in [0, 0.1) is 16.7 Å². The number of nitrogens with zero attached hydrogens (tertiary/aromatic N) is 4. The lowest BCUT2D eigenvalue weighted by Crippen LogP contribution is -2.42. The minimum Gasteiger partial charge on any atom is -0.384 e. The molecule has 1 aliphatic carbocycles. The number of nitriles is 1. The molecule has 158 valence electrons. The van der Waals surface area contributed by atoms with Crippen LogP contribution >= 0.6 is 23.1 Å². The number of allylic oxidation sites excluding steroid dienone is 3. The Morgan fingerprint density at radius 2 is 2.10 bits per heavy atom. The fourth-order valence-electron chi connectivity index (χ4n) is 4.19. The largest absolute Gasteiger partial charge is 0.384 e. The first-order chi connectivity index (χ1) is 14.9. The predicted molar refractivity (Wildman–Crippen MR) is 124 cm³/mol. The van der Waals surface area contributed by atoms with Crippen LogP contribution in [0.25, 0.3) is 0 Å². The maximum atomic E-state index is 13.4. The van der Waals surface area contributed by atoms with Gasteiger partial charge in [-0.1, -0.05) is 73.4 Å². The molecule has 2 heterocycles. The van der Waals surface area contributed by atoms with Crippen LogP contribution in [0.1, 0.15) is 38.2 Å². The maximum absolute atomic E-state index is 13.4. The zero-order chi connectivity index (χ0) is 22.2. The van der Waals surface area contributed by atoms with Gasteiger partial charge in [-0.2, -0.15) is 5.26 Å². The number of rotatable bonds is 5. The number of benzene rings is 1. The fourth-order valence-corrected chi connectivity index (χ4v) is 5.83. The van der Waals surface area contributed by atoms with Gasteiger partial charge in [0.2, 0.25) is 5.13 Å². The fraction of sp³-hybridized carbons (Fsp3) is 0.304. The molecule has 0 fully saturated rings. The monoisotopic (exact) mass is 449 g/mol. The lowest BCUT2D eigenvalue weighted by atomic mass is 9.69. The van der Waals surface area contributed by atoms with Crippen molar-refractivity contribution in [3.8, 4) is 6.07 Å². The quantitative estimate of drug-likeness (QED) is 0.519. The Kier molecular flexibility index (Phi) is 5.73. The second-order valence-corrected chi connectivity index (χ2v) is 10.6. The molecule has 0 spiro atoms. The summed E-state index contributed by atoms with van der Waals surface area (Å²) in [5.41, 5.74) is 9.11. The van der Waals surface area contributed by atoms with Crippen molar-refractivity contribution in [3.05, 3.63) is 71.2 Å². The molecule has 2 aromatic rings. The molecule has 4 rings (SSSR count). The Labute approximate surface area is 190 Å². The second kappa shape index (κ2) is 8.33. The number of nitrogens with two attached hydrogens (primary N) is 1. The maximum Gasteiger partial charge on any atom is 0.219 e. The first kappa shape index (κ1) is 21.3. The minimum atomic E-state index is -0.469. The Balaban J connectivity index is 1.91. The topological polar surface area (TPSA) is 95.9 Å². The predicted octanol–water partition coefficient (Wildman–Crippen LogP) is 4.76. The van der Waals surface area contributed by atoms with Crippen LogP contribution in [0.2, 0.25) is 0 Å². The highest BCUT2D eigenvalue weighted by molar-refractivity contribution is 8.01. The molecule has 6 nitrogen and oxygen atoms in total. The Bertz CT molecular complexity index is 1140. The molecule has 0 bridgehead atoms. The van der Waals surface area contributed by atoms with Gasteiger partial charge < -0.3 is 5.73 Å². The average Bonchev–Trinajstić information content (AvgIpc) is 3.19. The van der Waals surface area contributed by atoms with Crippen molar-refractivity contribution in [2.24, 2.45) is 11.1 Å². The highest BCUT2D eigenvalue weighted by Gasteiger charge is 2.45. The SMILES string of the molecule is C=CCSc1nnc(N2C(N)=C(C#N)C(c3ccccc3)C3=C2CC(C)(C)CC3=O)s1. The molecule has 1 atom stereocenters. The lowest BCUT2D eigenvalue weighted by molar-refractivity contribution is -0.118. The summed E-state index contributed by atoms with van der Waals surface area (Å²) in [6.45, 7) is 7.90. The van der Waals surface area contributed by atoms with Crippen molar-refractivity contribution in [2.45, 2.75) is 36.9 Å². The first-order valence-electron chi connectivity index (χ1n) is 9.94. The number of anilines is 1. The molecular formula is C23H23N5OS2. The summed E-state index contributed by atoms with van der Waals surface area (Å²) in [6, 6.07) is 11.9. The van der Waals surface area contributed by atoms with Crippen LogP contribution < -0.4 is 10.6 Å². The number of carbonyl (C=O) groups is 1. The average molecular weight is 450 g/mol. The molecule has 0 saturated heterocycles. The van der Waals surface area contributed by atoms with E-state index < -0.39 is 5.92 Å². The number of thioether (sulfide) groups is 1. The molecule has 2 N–H and O–H groups in total. The van der Waals surface area contributed by atoms with Crippen molar-refractivity contribution in [2.75, 3.05) is 10.7 Å². The minimum absolute atomic E-state index is 0.0520. The van der Waals surface area contributed by atoms with Crippen molar-refractivity contribution in [1.82, 2.24) is 10.2 Å². The Hall–Kier alpha value is -2.89. The summed E-state index contributed by atoms with van der Waals surface area (Å²) < 4.78 is 0.787. The van der Waals surface area contributed by atoms with Crippen molar-refractivity contribution in [1.29, 1.82) is 5.26 Å². The molecule has 2 aliphatic rings. The molecule has 8 heteroatoms. The standard InChI is InChI=1S/C23H23N5OS2/c1-4-10-30-22-27-26-21(31-22)28-16-11-23(2,3)12-17(29)19(16)18(15(13-24)20(28)25)14-8-6-5-7-9-14/h4-9,18H,1,10-12,25H2,2-3H3. The highest BCUT2D eigenvalue weighted by Crippen LogP contribution is 2.50. The van der Waals surface area contributed by atoms with E-state index in [-0.39, 0.29) is 11.2 Å². The number of hydrogen-bond donors (Lipinski definition) is 1. The highest BCUT2D eigenvalue weighted by atomic mass is 32.2. The summed E-state index contributed by atoms with van der Waals surface area (Å²) >= 11 is 2.94. The summed E-state index contributed by atoms with van der Waals surface area (Å²) in [5.74, 6) is 0.621. The summed E-state index contributed by atoms with van der Waals surface area (Å²) in [7, 11) is 0. The molecule has 1 unspecified atom stereocenters. The number of carbonyl (C=O) groups excluding carboxylic acids is 1. The number of ketones is 1. The Morgan fingerprint density at radius 1 is 1.35 bits per heavy atom. The van der Waals surface area contributed by atoms with E-state index in [9.17, 15) is 10.1 Å². The van der Waals surface area contributed by atoms with Crippen LogP contribution in [0.3, 0.4) is 0 Å². The van der Waals surface area contributed by atoms with Gasteiger partial charge in [0.15, 0.2) is 10.1 Å². The molecule has 0 saturated carbocycles. The first-order valence-corrected chi connectivity index (χ1v) is 11.7. The van der Waals surface area contributed by atoms with Gasteiger partial charge in [0.05, 0.1) is 17.6 Å².